The maximum absolute atomic E-state index is 13.9. The number of ether oxygens (including phenoxy) is 2. The molecule has 0 fully saturated rings. The monoisotopic (exact) mass is 481 g/mol. The lowest BCUT2D eigenvalue weighted by Crippen LogP contribution is -2.50. The number of hydrogen-bond acceptors (Lipinski definition) is 5. The minimum Gasteiger partial charge on any atom is -0.497 e. The molecule has 1 amide bonds. The number of nitrogens with zero attached hydrogens (tertiary/aromatic N) is 3. The third-order valence-corrected chi connectivity index (χ3v) is 6.14. The summed E-state index contributed by atoms with van der Waals surface area (Å²) >= 11 is 0. The van der Waals surface area contributed by atoms with Crippen molar-refractivity contribution in [3.63, 3.8) is 0 Å². The van der Waals surface area contributed by atoms with Gasteiger partial charge in [-0.3, -0.25) is 4.90 Å². The zero-order valence-electron chi connectivity index (χ0n) is 21.3. The van der Waals surface area contributed by atoms with Crippen LogP contribution in [0.4, 0.5) is 10.5 Å². The molecule has 6 heteroatoms. The molecule has 0 saturated carbocycles. The van der Waals surface area contributed by atoms with E-state index in [2.05, 4.69) is 12.1 Å². The summed E-state index contributed by atoms with van der Waals surface area (Å²) in [4.78, 5) is 15.5. The molecule has 0 radical (unpaired) electrons. The fourth-order valence-corrected chi connectivity index (χ4v) is 4.39. The smallest absolute Gasteiger partial charge is 0.415 e. The number of anilines is 1. The average Bonchev–Trinajstić information content (AvgIpc) is 2.87. The van der Waals surface area contributed by atoms with E-state index in [1.54, 1.807) is 57.0 Å². The summed E-state index contributed by atoms with van der Waals surface area (Å²) in [5, 5.41) is 20.3. The second kappa shape index (κ2) is 11.0. The molecule has 36 heavy (non-hydrogen) atoms. The molecular weight excluding hydrogens is 450 g/mol. The highest BCUT2D eigenvalue weighted by atomic mass is 16.6. The standard InChI is InChI=1S/C30H31N3O3/c1-29(2,3)36-28(34)33(25-16-18-26(35-5)19-17-25)27(22-12-8-6-9-13-22)30(4,24(20-31)21-32)23-14-10-7-11-15-23/h6-19,24,27H,1-5H3/t27-,30+/m0/s1. The van der Waals surface area contributed by atoms with Crippen molar-refractivity contribution in [2.45, 2.75) is 44.8 Å². The largest absolute Gasteiger partial charge is 0.497 e. The topological polar surface area (TPSA) is 86.3 Å². The molecule has 0 spiro atoms. The maximum Gasteiger partial charge on any atom is 0.415 e. The highest BCUT2D eigenvalue weighted by molar-refractivity contribution is 5.89. The Labute approximate surface area is 213 Å². The predicted molar refractivity (Wildman–Crippen MR) is 139 cm³/mol. The number of amides is 1. The molecule has 6 nitrogen and oxygen atoms in total. The van der Waals surface area contributed by atoms with Gasteiger partial charge in [0.05, 0.1) is 25.3 Å². The van der Waals surface area contributed by atoms with E-state index in [1.165, 1.54) is 0 Å². The summed E-state index contributed by atoms with van der Waals surface area (Å²) in [5.74, 6) is -0.440. The van der Waals surface area contributed by atoms with Crippen LogP contribution < -0.4 is 9.64 Å². The van der Waals surface area contributed by atoms with Gasteiger partial charge in [0.25, 0.3) is 0 Å². The number of carbonyl (C=O) groups excluding carboxylic acids is 1. The number of methoxy groups -OCH3 is 1. The van der Waals surface area contributed by atoms with Crippen LogP contribution >= 0.6 is 0 Å². The number of carbonyl (C=O) groups is 1. The molecule has 0 aliphatic carbocycles. The van der Waals surface area contributed by atoms with Crippen LogP contribution in [0.1, 0.15) is 44.9 Å². The lowest BCUT2D eigenvalue weighted by molar-refractivity contribution is 0.0543. The first-order valence-electron chi connectivity index (χ1n) is 11.7. The SMILES string of the molecule is COc1ccc(N(C(=O)OC(C)(C)C)[C@@H](c2ccccc2)[C@](C)(c2ccccc2)C(C#N)C#N)cc1. The molecule has 0 heterocycles. The minimum atomic E-state index is -1.12. The molecule has 0 unspecified atom stereocenters. The van der Waals surface area contributed by atoms with E-state index in [9.17, 15) is 15.3 Å². The first kappa shape index (κ1) is 26.3. The van der Waals surface area contributed by atoms with E-state index in [4.69, 9.17) is 9.47 Å². The summed E-state index contributed by atoms with van der Waals surface area (Å²) in [7, 11) is 1.57. The summed E-state index contributed by atoms with van der Waals surface area (Å²) in [6.07, 6.45) is -0.585. The Hall–Kier alpha value is -4.29. The fraction of sp³-hybridized carbons (Fsp3) is 0.300. The van der Waals surface area contributed by atoms with Crippen molar-refractivity contribution in [2.75, 3.05) is 12.0 Å². The number of nitriles is 2. The molecule has 2 atom stereocenters. The van der Waals surface area contributed by atoms with E-state index in [0.717, 1.165) is 11.1 Å². The van der Waals surface area contributed by atoms with Crippen LogP contribution in [0.25, 0.3) is 0 Å². The van der Waals surface area contributed by atoms with Gasteiger partial charge in [-0.05, 0) is 56.2 Å². The quantitative estimate of drug-likeness (QED) is 0.370. The molecule has 0 aromatic heterocycles. The molecular formula is C30H31N3O3. The fourth-order valence-electron chi connectivity index (χ4n) is 4.39. The van der Waals surface area contributed by atoms with Crippen molar-refractivity contribution in [1.82, 2.24) is 0 Å². The summed E-state index contributed by atoms with van der Waals surface area (Å²) < 4.78 is 11.2. The Morgan fingerprint density at radius 3 is 1.83 bits per heavy atom. The van der Waals surface area contributed by atoms with Crippen LogP contribution in [-0.2, 0) is 10.2 Å². The summed E-state index contributed by atoms with van der Waals surface area (Å²) in [6, 6.07) is 29.5. The summed E-state index contributed by atoms with van der Waals surface area (Å²) in [5.41, 5.74) is 0.185. The molecule has 0 aliphatic rings. The highest BCUT2D eigenvalue weighted by Gasteiger charge is 2.49. The number of rotatable bonds is 7. The minimum absolute atomic E-state index is 0.552. The first-order chi connectivity index (χ1) is 17.2. The van der Waals surface area contributed by atoms with E-state index < -0.39 is 29.1 Å². The lowest BCUT2D eigenvalue weighted by atomic mass is 9.65. The van der Waals surface area contributed by atoms with Gasteiger partial charge in [0.2, 0.25) is 0 Å². The van der Waals surface area contributed by atoms with E-state index in [1.807, 2.05) is 67.6 Å². The van der Waals surface area contributed by atoms with Gasteiger partial charge in [-0.1, -0.05) is 67.6 Å². The Morgan fingerprint density at radius 2 is 1.36 bits per heavy atom. The maximum atomic E-state index is 13.9. The third-order valence-electron chi connectivity index (χ3n) is 6.14. The number of hydrogen-bond donors (Lipinski definition) is 0. The molecule has 3 aromatic rings. The Morgan fingerprint density at radius 1 is 0.833 bits per heavy atom. The molecule has 0 aliphatic heterocycles. The van der Waals surface area contributed by atoms with Crippen LogP contribution in [-0.4, -0.2) is 18.8 Å². The van der Waals surface area contributed by atoms with Crippen LogP contribution in [0.2, 0.25) is 0 Å². The van der Waals surface area contributed by atoms with Crippen molar-refractivity contribution in [1.29, 1.82) is 10.5 Å². The average molecular weight is 482 g/mol. The molecule has 0 bridgehead atoms. The van der Waals surface area contributed by atoms with Gasteiger partial charge >= 0.3 is 6.09 Å². The number of benzene rings is 3. The van der Waals surface area contributed by atoms with E-state index in [0.29, 0.717) is 11.4 Å². The third kappa shape index (κ3) is 5.50. The van der Waals surface area contributed by atoms with E-state index >= 15 is 0 Å². The van der Waals surface area contributed by atoms with Gasteiger partial charge in [-0.2, -0.15) is 10.5 Å². The molecule has 0 N–H and O–H groups in total. The van der Waals surface area contributed by atoms with Gasteiger partial charge < -0.3 is 9.47 Å². The second-order valence-corrected chi connectivity index (χ2v) is 9.70. The van der Waals surface area contributed by atoms with Crippen molar-refractivity contribution in [3.05, 3.63) is 96.1 Å². The van der Waals surface area contributed by atoms with E-state index in [-0.39, 0.29) is 0 Å². The predicted octanol–water partition coefficient (Wildman–Crippen LogP) is 6.80. The van der Waals surface area contributed by atoms with Gasteiger partial charge in [-0.15, -0.1) is 0 Å². The zero-order chi connectivity index (χ0) is 26.3. The zero-order valence-corrected chi connectivity index (χ0v) is 21.3. The normalized spacial score (nSPS) is 13.6. The van der Waals surface area contributed by atoms with Gasteiger partial charge in [0, 0.05) is 11.1 Å². The van der Waals surface area contributed by atoms with Gasteiger partial charge in [0.1, 0.15) is 17.3 Å². The van der Waals surface area contributed by atoms with Crippen LogP contribution in [0.15, 0.2) is 84.9 Å². The Bertz CT molecular complexity index is 1230. The Kier molecular flexibility index (Phi) is 8.02. The van der Waals surface area contributed by atoms with Gasteiger partial charge in [0.15, 0.2) is 0 Å². The van der Waals surface area contributed by atoms with Crippen molar-refractivity contribution >= 4 is 11.8 Å². The summed E-state index contributed by atoms with van der Waals surface area (Å²) in [6.45, 7) is 7.27. The lowest BCUT2D eigenvalue weighted by Gasteiger charge is -2.45. The Balaban J connectivity index is 2.38. The first-order valence-corrected chi connectivity index (χ1v) is 11.7. The molecule has 3 rings (SSSR count). The van der Waals surface area contributed by atoms with Crippen LogP contribution in [0, 0.1) is 28.6 Å². The second-order valence-electron chi connectivity index (χ2n) is 9.70. The van der Waals surface area contributed by atoms with Crippen molar-refractivity contribution in [2.24, 2.45) is 5.92 Å². The highest BCUT2D eigenvalue weighted by Crippen LogP contribution is 2.48. The molecule has 0 saturated heterocycles. The van der Waals surface area contributed by atoms with Crippen molar-refractivity contribution in [3.8, 4) is 17.9 Å². The van der Waals surface area contributed by atoms with Gasteiger partial charge in [-0.25, -0.2) is 4.79 Å². The van der Waals surface area contributed by atoms with Crippen LogP contribution in [0.3, 0.4) is 0 Å². The molecule has 3 aromatic carbocycles. The van der Waals surface area contributed by atoms with Crippen LogP contribution in [0.5, 0.6) is 5.75 Å². The van der Waals surface area contributed by atoms with Crippen molar-refractivity contribution < 1.29 is 14.3 Å². The molecule has 184 valence electrons.